The van der Waals surface area contributed by atoms with Crippen molar-refractivity contribution in [3.05, 3.63) is 88.3 Å². The van der Waals surface area contributed by atoms with Gasteiger partial charge in [0.05, 0.1) is 49.1 Å². The van der Waals surface area contributed by atoms with Gasteiger partial charge in [-0.25, -0.2) is 4.98 Å². The third-order valence-electron chi connectivity index (χ3n) is 8.16. The molecule has 1 aliphatic heterocycles. The van der Waals surface area contributed by atoms with Crippen molar-refractivity contribution >= 4 is 51.5 Å². The molecule has 0 radical (unpaired) electrons. The molecule has 244 valence electrons. The van der Waals surface area contributed by atoms with Gasteiger partial charge in [-0.15, -0.1) is 0 Å². The van der Waals surface area contributed by atoms with E-state index >= 15 is 0 Å². The largest absolute Gasteiger partial charge is 0.497 e. The van der Waals surface area contributed by atoms with Gasteiger partial charge in [-0.2, -0.15) is 10.1 Å². The number of ether oxygens (including phenoxy) is 3. The molecule has 6 rings (SSSR count). The van der Waals surface area contributed by atoms with Gasteiger partial charge >= 0.3 is 0 Å². The van der Waals surface area contributed by atoms with Gasteiger partial charge in [0, 0.05) is 55.4 Å². The van der Waals surface area contributed by atoms with Crippen molar-refractivity contribution in [1.29, 1.82) is 0 Å². The fourth-order valence-electron chi connectivity index (χ4n) is 5.80. The highest BCUT2D eigenvalue weighted by atomic mass is 79.9. The molecule has 2 aromatic heterocycles. The second-order valence-corrected chi connectivity index (χ2v) is 15.7. The molecule has 0 spiro atoms. The summed E-state index contributed by atoms with van der Waals surface area (Å²) in [6, 6.07) is 17.6. The van der Waals surface area contributed by atoms with Crippen molar-refractivity contribution in [2.75, 3.05) is 45.3 Å². The van der Waals surface area contributed by atoms with E-state index in [4.69, 9.17) is 19.2 Å². The third kappa shape index (κ3) is 6.86. The van der Waals surface area contributed by atoms with Crippen LogP contribution in [0.2, 0.25) is 0 Å². The van der Waals surface area contributed by atoms with Gasteiger partial charge in [-0.05, 0) is 70.7 Å². The van der Waals surface area contributed by atoms with Crippen molar-refractivity contribution in [2.24, 2.45) is 7.05 Å². The number of nitrogens with zero attached hydrogens (tertiary/aromatic N) is 5. The summed E-state index contributed by atoms with van der Waals surface area (Å²) >= 11 is 3.56. The summed E-state index contributed by atoms with van der Waals surface area (Å²) in [4.78, 5) is 11.6. The van der Waals surface area contributed by atoms with Crippen LogP contribution in [0.5, 0.6) is 17.2 Å². The number of methoxy groups -OCH3 is 3. The Balaban J connectivity index is 1.34. The van der Waals surface area contributed by atoms with Gasteiger partial charge < -0.3 is 29.4 Å². The minimum atomic E-state index is -2.53. The van der Waals surface area contributed by atoms with Crippen LogP contribution in [0.4, 0.5) is 23.1 Å². The van der Waals surface area contributed by atoms with E-state index in [-0.39, 0.29) is 0 Å². The topological polar surface area (TPSA) is 116 Å². The molecular weight excluding hydrogens is 681 g/mol. The number of fused-ring (bicyclic) bond motifs is 3. The van der Waals surface area contributed by atoms with Gasteiger partial charge in [0.25, 0.3) is 0 Å². The first-order valence-electron chi connectivity index (χ1n) is 14.9. The van der Waals surface area contributed by atoms with Crippen molar-refractivity contribution in [2.45, 2.75) is 19.6 Å². The zero-order valence-electron chi connectivity index (χ0n) is 27.2. The molecule has 1 aliphatic rings. The fourth-order valence-corrected chi connectivity index (χ4v) is 7.25. The SMILES string of the molecule is COc1ccc(CN2Cc3cc(OC)c(Nc4ncc(Br)c(Nc5ccccc5P(C)(C)=O)n4)cc3-c3cnn(C)c3C2)c(OC)c1. The first kappa shape index (κ1) is 32.6. The maximum atomic E-state index is 13.0. The highest BCUT2D eigenvalue weighted by molar-refractivity contribution is 9.10. The molecule has 0 saturated heterocycles. The Hall–Kier alpha value is -4.38. The molecule has 0 fully saturated rings. The van der Waals surface area contributed by atoms with Crippen LogP contribution < -0.4 is 30.1 Å². The lowest BCUT2D eigenvalue weighted by Crippen LogP contribution is -2.23. The maximum absolute atomic E-state index is 13.0. The van der Waals surface area contributed by atoms with Crippen LogP contribution in [0.1, 0.15) is 16.8 Å². The summed E-state index contributed by atoms with van der Waals surface area (Å²) in [5.41, 5.74) is 6.81. The monoisotopic (exact) mass is 717 g/mol. The molecule has 0 atom stereocenters. The number of halogens is 1. The molecule has 13 heteroatoms. The van der Waals surface area contributed by atoms with Gasteiger partial charge in [-0.1, -0.05) is 18.2 Å². The lowest BCUT2D eigenvalue weighted by molar-refractivity contribution is 0.239. The van der Waals surface area contributed by atoms with Gasteiger partial charge in [0.2, 0.25) is 5.95 Å². The van der Waals surface area contributed by atoms with E-state index < -0.39 is 7.14 Å². The number of aryl methyl sites for hydroxylation is 1. The summed E-state index contributed by atoms with van der Waals surface area (Å²) in [7, 11) is 4.42. The maximum Gasteiger partial charge on any atom is 0.229 e. The Morgan fingerprint density at radius 3 is 2.43 bits per heavy atom. The molecule has 11 nitrogen and oxygen atoms in total. The Morgan fingerprint density at radius 1 is 0.894 bits per heavy atom. The van der Waals surface area contributed by atoms with Crippen molar-refractivity contribution in [3.63, 3.8) is 0 Å². The summed E-state index contributed by atoms with van der Waals surface area (Å²) in [5, 5.41) is 12.1. The Bertz CT molecular complexity index is 1990. The van der Waals surface area contributed by atoms with Crippen LogP contribution in [0.3, 0.4) is 0 Å². The smallest absolute Gasteiger partial charge is 0.229 e. The zero-order valence-corrected chi connectivity index (χ0v) is 29.6. The second-order valence-electron chi connectivity index (χ2n) is 11.7. The third-order valence-corrected chi connectivity index (χ3v) is 10.3. The molecule has 0 aliphatic carbocycles. The average Bonchev–Trinajstić information content (AvgIpc) is 3.33. The minimum Gasteiger partial charge on any atom is -0.497 e. The predicted molar refractivity (Wildman–Crippen MR) is 190 cm³/mol. The number of hydrogen-bond acceptors (Lipinski definition) is 10. The lowest BCUT2D eigenvalue weighted by Gasteiger charge is -2.23. The van der Waals surface area contributed by atoms with Crippen LogP contribution in [0.25, 0.3) is 11.1 Å². The van der Waals surface area contributed by atoms with Gasteiger partial charge in [0.15, 0.2) is 0 Å². The molecule has 3 heterocycles. The highest BCUT2D eigenvalue weighted by Gasteiger charge is 2.26. The van der Waals surface area contributed by atoms with Crippen LogP contribution in [-0.2, 0) is 31.2 Å². The molecule has 2 N–H and O–H groups in total. The molecule has 5 aromatic rings. The molecule has 3 aromatic carbocycles. The first-order valence-corrected chi connectivity index (χ1v) is 18.3. The number of para-hydroxylation sites is 1. The normalized spacial score (nSPS) is 12.9. The summed E-state index contributed by atoms with van der Waals surface area (Å²) < 4.78 is 32.6. The second kappa shape index (κ2) is 13.4. The van der Waals surface area contributed by atoms with Crippen molar-refractivity contribution in [1.82, 2.24) is 24.6 Å². The fraction of sp³-hybridized carbons (Fsp3) is 0.265. The molecular formula is C34H37BrN7O4P. The van der Waals surface area contributed by atoms with E-state index in [0.29, 0.717) is 47.3 Å². The number of benzene rings is 3. The van der Waals surface area contributed by atoms with Crippen LogP contribution in [0, 0.1) is 0 Å². The number of hydrogen-bond donors (Lipinski definition) is 2. The predicted octanol–water partition coefficient (Wildman–Crippen LogP) is 6.92. The van der Waals surface area contributed by atoms with Crippen molar-refractivity contribution in [3.8, 4) is 28.4 Å². The van der Waals surface area contributed by atoms with Gasteiger partial charge in [0.1, 0.15) is 30.2 Å². The minimum absolute atomic E-state index is 0.371. The van der Waals surface area contributed by atoms with Crippen LogP contribution in [0.15, 0.2) is 71.5 Å². The molecule has 47 heavy (non-hydrogen) atoms. The van der Waals surface area contributed by atoms with Crippen LogP contribution >= 0.6 is 23.1 Å². The molecule has 0 saturated carbocycles. The zero-order chi connectivity index (χ0) is 33.3. The summed E-state index contributed by atoms with van der Waals surface area (Å²) in [6.07, 6.45) is 3.59. The van der Waals surface area contributed by atoms with E-state index in [1.807, 2.05) is 60.4 Å². The molecule has 0 bridgehead atoms. The summed E-state index contributed by atoms with van der Waals surface area (Å²) in [5.74, 6) is 3.09. The quantitative estimate of drug-likeness (QED) is 0.148. The van der Waals surface area contributed by atoms with E-state index in [9.17, 15) is 4.57 Å². The summed E-state index contributed by atoms with van der Waals surface area (Å²) in [6.45, 7) is 5.54. The van der Waals surface area contributed by atoms with E-state index in [1.165, 1.54) is 0 Å². The van der Waals surface area contributed by atoms with E-state index in [0.717, 1.165) is 50.4 Å². The molecule has 0 amide bonds. The van der Waals surface area contributed by atoms with Crippen molar-refractivity contribution < 1.29 is 18.8 Å². The van der Waals surface area contributed by atoms with E-state index in [1.54, 1.807) is 40.9 Å². The number of rotatable bonds is 10. The average molecular weight is 719 g/mol. The first-order chi connectivity index (χ1) is 22.6. The number of aromatic nitrogens is 4. The Kier molecular flexibility index (Phi) is 9.27. The Labute approximate surface area is 282 Å². The highest BCUT2D eigenvalue weighted by Crippen LogP contribution is 2.41. The number of nitrogens with one attached hydrogen (secondary N) is 2. The van der Waals surface area contributed by atoms with Crippen LogP contribution in [-0.4, -0.2) is 59.3 Å². The van der Waals surface area contributed by atoms with Gasteiger partial charge in [-0.3, -0.25) is 9.58 Å². The Morgan fingerprint density at radius 2 is 1.68 bits per heavy atom. The number of anilines is 4. The van der Waals surface area contributed by atoms with E-state index in [2.05, 4.69) is 53.7 Å². The lowest BCUT2D eigenvalue weighted by atomic mass is 9.99. The molecule has 0 unspecified atom stereocenters. The standard InChI is InChI=1S/C34H37BrN7O4P/c1-41-29-20-42(18-21-11-12-23(44-2)14-30(21)45-3)19-22-13-31(46-4)28(15-24(22)25(29)16-37-41)39-34-36-17-26(35)33(40-34)38-27-9-7-8-10-32(27)47(5,6)43/h7-17H,18-20H2,1-6H3,(H2,36,38,39,40).